The number of aromatic amines is 1. The molecule has 0 unspecified atom stereocenters. The standard InChI is InChI=1S/C18H18F3N5O/c1-18(2,3)13-8-12(24-25-13)17-22-6-7-26(17)9-14(27)23-11-5-4-10(19)15(20)16(11)21/h4-8H,9H2,1-3H3,(H,23,27)(H,24,25). The monoisotopic (exact) mass is 377 g/mol. The summed E-state index contributed by atoms with van der Waals surface area (Å²) in [6.07, 6.45) is 3.08. The van der Waals surface area contributed by atoms with Crippen molar-refractivity contribution in [2.45, 2.75) is 32.7 Å². The molecule has 2 heterocycles. The third kappa shape index (κ3) is 3.86. The molecule has 0 aliphatic rings. The molecule has 6 nitrogen and oxygen atoms in total. The van der Waals surface area contributed by atoms with Crippen LogP contribution in [0.3, 0.4) is 0 Å². The van der Waals surface area contributed by atoms with E-state index in [1.807, 2.05) is 26.8 Å². The highest BCUT2D eigenvalue weighted by Gasteiger charge is 2.20. The summed E-state index contributed by atoms with van der Waals surface area (Å²) in [5.74, 6) is -4.58. The fourth-order valence-electron chi connectivity index (χ4n) is 2.46. The molecule has 0 saturated heterocycles. The van der Waals surface area contributed by atoms with Crippen molar-refractivity contribution in [2.75, 3.05) is 5.32 Å². The van der Waals surface area contributed by atoms with E-state index >= 15 is 0 Å². The van der Waals surface area contributed by atoms with Crippen molar-refractivity contribution in [1.29, 1.82) is 0 Å². The van der Waals surface area contributed by atoms with E-state index in [0.717, 1.165) is 17.8 Å². The van der Waals surface area contributed by atoms with Gasteiger partial charge in [-0.25, -0.2) is 18.2 Å². The van der Waals surface area contributed by atoms with Crippen LogP contribution in [0.1, 0.15) is 26.5 Å². The van der Waals surface area contributed by atoms with Crippen LogP contribution in [0.2, 0.25) is 0 Å². The Hall–Kier alpha value is -3.10. The van der Waals surface area contributed by atoms with Gasteiger partial charge in [0.2, 0.25) is 5.91 Å². The average molecular weight is 377 g/mol. The normalized spacial score (nSPS) is 11.6. The third-order valence-electron chi connectivity index (χ3n) is 3.95. The van der Waals surface area contributed by atoms with E-state index in [-0.39, 0.29) is 12.0 Å². The lowest BCUT2D eigenvalue weighted by molar-refractivity contribution is -0.116. The molecular formula is C18H18F3N5O. The van der Waals surface area contributed by atoms with Crippen LogP contribution in [0.4, 0.5) is 18.9 Å². The van der Waals surface area contributed by atoms with Crippen LogP contribution in [0.5, 0.6) is 0 Å². The Balaban J connectivity index is 1.78. The van der Waals surface area contributed by atoms with Crippen LogP contribution in [-0.4, -0.2) is 25.7 Å². The number of H-pyrrole nitrogens is 1. The molecule has 0 radical (unpaired) electrons. The summed E-state index contributed by atoms with van der Waals surface area (Å²) in [5.41, 5.74) is 0.886. The Bertz CT molecular complexity index is 987. The first-order valence-corrected chi connectivity index (χ1v) is 8.17. The molecule has 1 aromatic carbocycles. The molecule has 0 saturated carbocycles. The Morgan fingerprint density at radius 2 is 1.96 bits per heavy atom. The molecule has 0 aliphatic heterocycles. The molecule has 0 fully saturated rings. The number of benzene rings is 1. The van der Waals surface area contributed by atoms with E-state index < -0.39 is 29.0 Å². The zero-order chi connectivity index (χ0) is 19.8. The van der Waals surface area contributed by atoms with Gasteiger partial charge in [-0.05, 0) is 18.2 Å². The van der Waals surface area contributed by atoms with Gasteiger partial charge in [0, 0.05) is 23.5 Å². The van der Waals surface area contributed by atoms with Crippen molar-refractivity contribution in [1.82, 2.24) is 19.7 Å². The van der Waals surface area contributed by atoms with Crippen LogP contribution >= 0.6 is 0 Å². The van der Waals surface area contributed by atoms with Crippen molar-refractivity contribution in [3.63, 3.8) is 0 Å². The lowest BCUT2D eigenvalue weighted by atomic mass is 9.92. The first-order chi connectivity index (χ1) is 12.7. The third-order valence-corrected chi connectivity index (χ3v) is 3.95. The largest absolute Gasteiger partial charge is 0.322 e. The topological polar surface area (TPSA) is 75.6 Å². The SMILES string of the molecule is CC(C)(C)c1cc(-c2nccn2CC(=O)Nc2ccc(F)c(F)c2F)n[nH]1. The maximum atomic E-state index is 13.7. The van der Waals surface area contributed by atoms with Crippen molar-refractivity contribution >= 4 is 11.6 Å². The highest BCUT2D eigenvalue weighted by Crippen LogP contribution is 2.24. The van der Waals surface area contributed by atoms with Crippen LogP contribution < -0.4 is 5.32 Å². The fourth-order valence-corrected chi connectivity index (χ4v) is 2.46. The maximum absolute atomic E-state index is 13.7. The summed E-state index contributed by atoms with van der Waals surface area (Å²) in [6, 6.07) is 3.55. The second kappa shape index (κ2) is 6.90. The number of nitrogens with one attached hydrogen (secondary N) is 2. The molecule has 0 atom stereocenters. The summed E-state index contributed by atoms with van der Waals surface area (Å²) in [4.78, 5) is 16.4. The number of imidazole rings is 1. The number of aromatic nitrogens is 4. The molecule has 2 N–H and O–H groups in total. The highest BCUT2D eigenvalue weighted by atomic mass is 19.2. The van der Waals surface area contributed by atoms with Crippen LogP contribution in [0.15, 0.2) is 30.6 Å². The maximum Gasteiger partial charge on any atom is 0.244 e. The zero-order valence-electron chi connectivity index (χ0n) is 15.0. The highest BCUT2D eigenvalue weighted by molar-refractivity contribution is 5.91. The Morgan fingerprint density at radius 3 is 2.63 bits per heavy atom. The van der Waals surface area contributed by atoms with E-state index in [0.29, 0.717) is 11.5 Å². The van der Waals surface area contributed by atoms with Crippen molar-refractivity contribution in [3.8, 4) is 11.5 Å². The number of carbonyl (C=O) groups is 1. The number of amides is 1. The predicted molar refractivity (Wildman–Crippen MR) is 93.5 cm³/mol. The zero-order valence-corrected chi connectivity index (χ0v) is 15.0. The number of rotatable bonds is 4. The van der Waals surface area contributed by atoms with E-state index in [9.17, 15) is 18.0 Å². The van der Waals surface area contributed by atoms with Crippen molar-refractivity contribution < 1.29 is 18.0 Å². The van der Waals surface area contributed by atoms with Gasteiger partial charge in [0.15, 0.2) is 23.3 Å². The number of hydrogen-bond donors (Lipinski definition) is 2. The number of halogens is 3. The predicted octanol–water partition coefficient (Wildman–Crippen LogP) is 3.63. The number of hydrogen-bond acceptors (Lipinski definition) is 3. The molecule has 9 heteroatoms. The van der Waals surface area contributed by atoms with Gasteiger partial charge in [0.05, 0.1) is 5.69 Å². The summed E-state index contributed by atoms with van der Waals surface area (Å²) in [7, 11) is 0. The van der Waals surface area contributed by atoms with Crippen molar-refractivity contribution in [2.24, 2.45) is 0 Å². The second-order valence-corrected chi connectivity index (χ2v) is 7.07. The minimum Gasteiger partial charge on any atom is -0.322 e. The molecular weight excluding hydrogens is 359 g/mol. The van der Waals surface area contributed by atoms with Gasteiger partial charge >= 0.3 is 0 Å². The molecule has 0 bridgehead atoms. The number of nitrogens with zero attached hydrogens (tertiary/aromatic N) is 3. The summed E-state index contributed by atoms with van der Waals surface area (Å²) in [6.45, 7) is 5.88. The molecule has 0 aliphatic carbocycles. The Morgan fingerprint density at radius 1 is 1.22 bits per heavy atom. The van der Waals surface area contributed by atoms with Gasteiger partial charge in [-0.1, -0.05) is 20.8 Å². The molecule has 1 amide bonds. The van der Waals surface area contributed by atoms with Crippen LogP contribution in [0, 0.1) is 17.5 Å². The molecule has 3 rings (SSSR count). The van der Waals surface area contributed by atoms with Gasteiger partial charge in [-0.3, -0.25) is 9.89 Å². The fraction of sp³-hybridized carbons (Fsp3) is 0.278. The first-order valence-electron chi connectivity index (χ1n) is 8.17. The Kier molecular flexibility index (Phi) is 4.77. The summed E-state index contributed by atoms with van der Waals surface area (Å²) < 4.78 is 41.5. The quantitative estimate of drug-likeness (QED) is 0.682. The number of carbonyl (C=O) groups excluding carboxylic acids is 1. The van der Waals surface area contributed by atoms with Gasteiger partial charge in [0.25, 0.3) is 0 Å². The molecule has 0 spiro atoms. The first kappa shape index (κ1) is 18.7. The van der Waals surface area contributed by atoms with E-state index in [1.165, 1.54) is 10.8 Å². The molecule has 27 heavy (non-hydrogen) atoms. The number of anilines is 1. The molecule has 3 aromatic rings. The lowest BCUT2D eigenvalue weighted by Crippen LogP contribution is -2.20. The average Bonchev–Trinajstić information content (AvgIpc) is 3.24. The Labute approximate surface area is 153 Å². The van der Waals surface area contributed by atoms with Gasteiger partial charge < -0.3 is 9.88 Å². The smallest absolute Gasteiger partial charge is 0.244 e. The molecule has 142 valence electrons. The van der Waals surface area contributed by atoms with Gasteiger partial charge in [0.1, 0.15) is 12.2 Å². The summed E-state index contributed by atoms with van der Waals surface area (Å²) in [5, 5.41) is 9.39. The summed E-state index contributed by atoms with van der Waals surface area (Å²) >= 11 is 0. The van der Waals surface area contributed by atoms with Crippen LogP contribution in [0.25, 0.3) is 11.5 Å². The minimum absolute atomic E-state index is 0.135. The second-order valence-electron chi connectivity index (χ2n) is 7.07. The molecule has 2 aromatic heterocycles. The minimum atomic E-state index is -1.64. The lowest BCUT2D eigenvalue weighted by Gasteiger charge is -2.14. The van der Waals surface area contributed by atoms with E-state index in [2.05, 4.69) is 20.5 Å². The van der Waals surface area contributed by atoms with Gasteiger partial charge in [-0.2, -0.15) is 5.10 Å². The van der Waals surface area contributed by atoms with E-state index in [1.54, 1.807) is 6.20 Å². The van der Waals surface area contributed by atoms with Gasteiger partial charge in [-0.15, -0.1) is 0 Å². The van der Waals surface area contributed by atoms with Crippen LogP contribution in [-0.2, 0) is 16.8 Å². The van der Waals surface area contributed by atoms with Crippen molar-refractivity contribution in [3.05, 3.63) is 53.7 Å². The van der Waals surface area contributed by atoms with E-state index in [4.69, 9.17) is 0 Å².